The van der Waals surface area contributed by atoms with Gasteiger partial charge in [0.1, 0.15) is 5.69 Å². The summed E-state index contributed by atoms with van der Waals surface area (Å²) in [4.78, 5) is 14.7. The molecule has 0 atom stereocenters. The Morgan fingerprint density at radius 2 is 2.00 bits per heavy atom. The van der Waals surface area contributed by atoms with Crippen LogP contribution < -0.4 is 4.31 Å². The van der Waals surface area contributed by atoms with Gasteiger partial charge < -0.3 is 0 Å². The average molecular weight is 386 g/mol. The van der Waals surface area contributed by atoms with Crippen LogP contribution in [0.15, 0.2) is 47.1 Å². The largest absolute Gasteiger partial charge is 0.294 e. The van der Waals surface area contributed by atoms with Gasteiger partial charge in [-0.3, -0.25) is 19.4 Å². The van der Waals surface area contributed by atoms with Crippen LogP contribution in [0.3, 0.4) is 0 Å². The first kappa shape index (κ1) is 16.4. The molecule has 22 heavy (non-hydrogen) atoms. The van der Waals surface area contributed by atoms with Crippen molar-refractivity contribution in [3.05, 3.63) is 62.9 Å². The summed E-state index contributed by atoms with van der Waals surface area (Å²) < 4.78 is 25.5. The van der Waals surface area contributed by atoms with Crippen molar-refractivity contribution in [2.75, 3.05) is 10.6 Å². The van der Waals surface area contributed by atoms with Gasteiger partial charge in [-0.05, 0) is 34.1 Å². The maximum atomic E-state index is 12.1. The third kappa shape index (κ3) is 3.60. The molecule has 1 aromatic carbocycles. The van der Waals surface area contributed by atoms with Crippen LogP contribution in [0.1, 0.15) is 5.69 Å². The van der Waals surface area contributed by atoms with Crippen LogP contribution in [0.5, 0.6) is 0 Å². The molecule has 0 N–H and O–H groups in total. The molecule has 1 heterocycles. The minimum absolute atomic E-state index is 0.0133. The molecule has 0 amide bonds. The normalized spacial score (nSPS) is 11.2. The van der Waals surface area contributed by atoms with E-state index in [9.17, 15) is 18.5 Å². The zero-order valence-electron chi connectivity index (χ0n) is 11.5. The van der Waals surface area contributed by atoms with E-state index in [1.807, 2.05) is 0 Å². The molecule has 0 saturated heterocycles. The highest BCUT2D eigenvalue weighted by molar-refractivity contribution is 9.10. The molecule has 0 spiro atoms. The number of nitro benzene ring substituents is 1. The number of para-hydroxylation sites is 1. The van der Waals surface area contributed by atoms with Crippen molar-refractivity contribution in [3.8, 4) is 0 Å². The molecule has 0 bridgehead atoms. The van der Waals surface area contributed by atoms with Gasteiger partial charge in [-0.1, -0.05) is 12.1 Å². The average Bonchev–Trinajstić information content (AvgIpc) is 2.45. The number of halogens is 1. The fourth-order valence-corrected chi connectivity index (χ4v) is 3.48. The highest BCUT2D eigenvalue weighted by atomic mass is 79.9. The monoisotopic (exact) mass is 385 g/mol. The highest BCUT2D eigenvalue weighted by Gasteiger charge is 2.28. The number of hydrogen-bond donors (Lipinski definition) is 0. The van der Waals surface area contributed by atoms with Gasteiger partial charge in [0.15, 0.2) is 0 Å². The Morgan fingerprint density at radius 3 is 2.55 bits per heavy atom. The quantitative estimate of drug-likeness (QED) is 0.582. The number of pyridine rings is 1. The molecule has 0 aliphatic rings. The van der Waals surface area contributed by atoms with Crippen molar-refractivity contribution in [2.45, 2.75) is 6.54 Å². The molecule has 0 radical (unpaired) electrons. The minimum Gasteiger partial charge on any atom is -0.259 e. The first-order valence-corrected chi connectivity index (χ1v) is 8.75. The van der Waals surface area contributed by atoms with Gasteiger partial charge in [-0.15, -0.1) is 0 Å². The molecule has 2 rings (SSSR count). The second-order valence-electron chi connectivity index (χ2n) is 4.46. The Balaban J connectivity index is 2.59. The highest BCUT2D eigenvalue weighted by Crippen LogP contribution is 2.37. The van der Waals surface area contributed by atoms with Gasteiger partial charge in [-0.25, -0.2) is 8.42 Å². The van der Waals surface area contributed by atoms with E-state index < -0.39 is 14.9 Å². The molecule has 7 nitrogen and oxygen atoms in total. The molecule has 0 fully saturated rings. The second kappa shape index (κ2) is 6.41. The summed E-state index contributed by atoms with van der Waals surface area (Å²) in [5, 5.41) is 11.2. The Kier molecular flexibility index (Phi) is 4.77. The molecule has 0 unspecified atom stereocenters. The zero-order chi connectivity index (χ0) is 16.3. The number of aromatic nitrogens is 1. The maximum absolute atomic E-state index is 12.1. The first-order chi connectivity index (χ1) is 10.3. The van der Waals surface area contributed by atoms with E-state index in [4.69, 9.17) is 0 Å². The molecule has 1 aromatic heterocycles. The van der Waals surface area contributed by atoms with Crippen molar-refractivity contribution < 1.29 is 13.3 Å². The van der Waals surface area contributed by atoms with Crippen molar-refractivity contribution in [2.24, 2.45) is 0 Å². The van der Waals surface area contributed by atoms with Gasteiger partial charge >= 0.3 is 0 Å². The minimum atomic E-state index is -3.74. The van der Waals surface area contributed by atoms with E-state index in [2.05, 4.69) is 20.9 Å². The summed E-state index contributed by atoms with van der Waals surface area (Å²) in [7, 11) is -3.74. The topological polar surface area (TPSA) is 93.4 Å². The lowest BCUT2D eigenvalue weighted by Gasteiger charge is -2.22. The molecular formula is C13H12BrN3O4S. The van der Waals surface area contributed by atoms with E-state index in [1.54, 1.807) is 24.3 Å². The van der Waals surface area contributed by atoms with Crippen LogP contribution in [0.2, 0.25) is 0 Å². The van der Waals surface area contributed by atoms with Crippen LogP contribution in [-0.2, 0) is 16.6 Å². The number of benzene rings is 1. The first-order valence-electron chi connectivity index (χ1n) is 6.11. The Morgan fingerprint density at radius 1 is 1.27 bits per heavy atom. The number of rotatable bonds is 5. The van der Waals surface area contributed by atoms with Gasteiger partial charge in [0.25, 0.3) is 5.69 Å². The lowest BCUT2D eigenvalue weighted by atomic mass is 10.2. The van der Waals surface area contributed by atoms with Gasteiger partial charge in [0, 0.05) is 16.7 Å². The van der Waals surface area contributed by atoms with E-state index in [-0.39, 0.29) is 17.9 Å². The molecular weight excluding hydrogens is 374 g/mol. The number of nitro groups is 1. The number of anilines is 1. The SMILES string of the molecule is CS(=O)(=O)N(Cc1ccccn1)c1c(Br)cccc1[N+](=O)[O-]. The van der Waals surface area contributed by atoms with Crippen LogP contribution in [0, 0.1) is 10.1 Å². The Hall–Kier alpha value is -2.00. The number of nitrogens with zero attached hydrogens (tertiary/aromatic N) is 3. The van der Waals surface area contributed by atoms with Gasteiger partial charge in [0.2, 0.25) is 10.0 Å². The van der Waals surface area contributed by atoms with Crippen LogP contribution in [0.4, 0.5) is 11.4 Å². The molecule has 2 aromatic rings. The summed E-state index contributed by atoms with van der Waals surface area (Å²) >= 11 is 3.19. The number of hydrogen-bond acceptors (Lipinski definition) is 5. The maximum Gasteiger partial charge on any atom is 0.294 e. The van der Waals surface area contributed by atoms with Crippen LogP contribution in [0.25, 0.3) is 0 Å². The van der Waals surface area contributed by atoms with Crippen molar-refractivity contribution in [1.29, 1.82) is 0 Å². The fourth-order valence-electron chi connectivity index (χ4n) is 1.90. The third-order valence-corrected chi connectivity index (χ3v) is 4.60. The summed E-state index contributed by atoms with van der Waals surface area (Å²) in [6.45, 7) is -0.0941. The summed E-state index contributed by atoms with van der Waals surface area (Å²) in [5.41, 5.74) is 0.175. The Labute approximate surface area is 135 Å². The molecule has 0 aliphatic carbocycles. The molecule has 116 valence electrons. The fraction of sp³-hybridized carbons (Fsp3) is 0.154. The predicted octanol–water partition coefficient (Wildman–Crippen LogP) is 2.72. The van der Waals surface area contributed by atoms with E-state index in [0.717, 1.165) is 10.6 Å². The van der Waals surface area contributed by atoms with Crippen LogP contribution in [-0.4, -0.2) is 24.6 Å². The predicted molar refractivity (Wildman–Crippen MR) is 86.1 cm³/mol. The third-order valence-electron chi connectivity index (χ3n) is 2.84. The van der Waals surface area contributed by atoms with Gasteiger partial charge in [0.05, 0.1) is 23.4 Å². The molecule has 9 heteroatoms. The molecule has 0 aliphatic heterocycles. The van der Waals surface area contributed by atoms with Crippen molar-refractivity contribution in [1.82, 2.24) is 4.98 Å². The smallest absolute Gasteiger partial charge is 0.259 e. The van der Waals surface area contributed by atoms with Gasteiger partial charge in [-0.2, -0.15) is 0 Å². The van der Waals surface area contributed by atoms with Crippen molar-refractivity contribution >= 4 is 37.3 Å². The second-order valence-corrected chi connectivity index (χ2v) is 7.22. The van der Waals surface area contributed by atoms with E-state index >= 15 is 0 Å². The summed E-state index contributed by atoms with van der Waals surface area (Å²) in [5.74, 6) is 0. The lowest BCUT2D eigenvalue weighted by molar-refractivity contribution is -0.384. The lowest BCUT2D eigenvalue weighted by Crippen LogP contribution is -2.30. The molecule has 0 saturated carbocycles. The van der Waals surface area contributed by atoms with E-state index in [0.29, 0.717) is 10.2 Å². The summed E-state index contributed by atoms with van der Waals surface area (Å²) in [6.07, 6.45) is 2.53. The zero-order valence-corrected chi connectivity index (χ0v) is 13.9. The van der Waals surface area contributed by atoms with Crippen molar-refractivity contribution in [3.63, 3.8) is 0 Å². The summed E-state index contributed by atoms with van der Waals surface area (Å²) in [6, 6.07) is 9.37. The number of sulfonamides is 1. The standard InChI is InChI=1S/C13H12BrN3O4S/c1-22(20,21)16(9-10-5-2-3-8-15-10)13-11(14)6-4-7-12(13)17(18)19/h2-8H,9H2,1H3. The van der Waals surface area contributed by atoms with E-state index in [1.165, 1.54) is 18.3 Å². The Bertz CT molecular complexity index is 796. The van der Waals surface area contributed by atoms with Crippen LogP contribution >= 0.6 is 15.9 Å².